The summed E-state index contributed by atoms with van der Waals surface area (Å²) in [6.07, 6.45) is 6.46. The third-order valence-corrected chi connectivity index (χ3v) is 4.50. The minimum Gasteiger partial charge on any atom is -0.335 e. The maximum atomic E-state index is 12.6. The molecule has 1 aliphatic carbocycles. The molecule has 0 unspecified atom stereocenters. The second-order valence-corrected chi connectivity index (χ2v) is 6.16. The maximum absolute atomic E-state index is 12.6. The molecule has 1 saturated heterocycles. The topological polar surface area (TPSA) is 40.9 Å². The molecular weight excluding hydrogens is 264 g/mol. The Morgan fingerprint density at radius 1 is 1.24 bits per heavy atom. The summed E-state index contributed by atoms with van der Waals surface area (Å²) in [5, 5.41) is 0. The molecule has 0 atom stereocenters. The summed E-state index contributed by atoms with van der Waals surface area (Å²) >= 11 is 0. The molecule has 0 bridgehead atoms. The number of carbonyl (C=O) groups is 1. The largest absolute Gasteiger partial charge is 0.335 e. The molecule has 0 radical (unpaired) electrons. The average Bonchev–Trinajstić information content (AvgIpc) is 3.26. The molecule has 3 heterocycles. The summed E-state index contributed by atoms with van der Waals surface area (Å²) in [6.45, 7) is 5.68. The van der Waals surface area contributed by atoms with Gasteiger partial charge >= 0.3 is 0 Å². The second-order valence-electron chi connectivity index (χ2n) is 6.16. The zero-order chi connectivity index (χ0) is 14.4. The number of hydrogen-bond donors (Lipinski definition) is 0. The predicted octanol–water partition coefficient (Wildman–Crippen LogP) is 1.56. The van der Waals surface area contributed by atoms with Crippen LogP contribution in [0.25, 0.3) is 5.65 Å². The molecule has 1 aliphatic heterocycles. The van der Waals surface area contributed by atoms with Crippen molar-refractivity contribution in [2.24, 2.45) is 0 Å². The summed E-state index contributed by atoms with van der Waals surface area (Å²) in [4.78, 5) is 21.5. The second kappa shape index (κ2) is 4.84. The summed E-state index contributed by atoms with van der Waals surface area (Å²) in [5.41, 5.74) is 2.56. The van der Waals surface area contributed by atoms with Gasteiger partial charge in [0.15, 0.2) is 0 Å². The zero-order valence-electron chi connectivity index (χ0n) is 12.3. The number of carbonyl (C=O) groups excluding carboxylic acids is 1. The van der Waals surface area contributed by atoms with Crippen LogP contribution in [0.3, 0.4) is 0 Å². The zero-order valence-corrected chi connectivity index (χ0v) is 12.3. The van der Waals surface area contributed by atoms with Gasteiger partial charge in [0.25, 0.3) is 5.91 Å². The molecule has 5 heteroatoms. The van der Waals surface area contributed by atoms with E-state index in [1.165, 1.54) is 12.8 Å². The molecule has 1 saturated carbocycles. The minimum atomic E-state index is 0.0619. The molecule has 1 amide bonds. The Hall–Kier alpha value is -1.88. The van der Waals surface area contributed by atoms with Crippen LogP contribution in [0.5, 0.6) is 0 Å². The van der Waals surface area contributed by atoms with E-state index in [9.17, 15) is 4.79 Å². The van der Waals surface area contributed by atoms with E-state index >= 15 is 0 Å². The van der Waals surface area contributed by atoms with Crippen molar-refractivity contribution in [2.45, 2.75) is 25.8 Å². The summed E-state index contributed by atoms with van der Waals surface area (Å²) in [6, 6.07) is 4.82. The first-order chi connectivity index (χ1) is 10.2. The van der Waals surface area contributed by atoms with Crippen LogP contribution >= 0.6 is 0 Å². The number of fused-ring (bicyclic) bond motifs is 1. The molecule has 0 N–H and O–H groups in total. The SMILES string of the molecule is Cc1ccn2cc(C(=O)N3CCN(C4CC4)CC3)nc2c1. The van der Waals surface area contributed by atoms with Crippen LogP contribution < -0.4 is 0 Å². The van der Waals surface area contributed by atoms with E-state index in [4.69, 9.17) is 0 Å². The Morgan fingerprint density at radius 2 is 2.00 bits per heavy atom. The van der Waals surface area contributed by atoms with Crippen LogP contribution in [-0.2, 0) is 0 Å². The highest BCUT2D eigenvalue weighted by Crippen LogP contribution is 2.27. The molecule has 2 aromatic rings. The van der Waals surface area contributed by atoms with Crippen molar-refractivity contribution in [1.29, 1.82) is 0 Å². The Balaban J connectivity index is 1.50. The van der Waals surface area contributed by atoms with Crippen molar-refractivity contribution >= 4 is 11.6 Å². The van der Waals surface area contributed by atoms with E-state index in [1.54, 1.807) is 0 Å². The number of nitrogens with zero attached hydrogens (tertiary/aromatic N) is 4. The fourth-order valence-corrected chi connectivity index (χ4v) is 3.08. The van der Waals surface area contributed by atoms with Gasteiger partial charge in [0.05, 0.1) is 0 Å². The smallest absolute Gasteiger partial charge is 0.274 e. The molecule has 0 aromatic carbocycles. The Labute approximate surface area is 124 Å². The normalized spacial score (nSPS) is 20.1. The van der Waals surface area contributed by atoms with Gasteiger partial charge in [-0.25, -0.2) is 4.98 Å². The number of piperazine rings is 1. The fourth-order valence-electron chi connectivity index (χ4n) is 3.08. The van der Waals surface area contributed by atoms with Crippen LogP contribution in [-0.4, -0.2) is 57.3 Å². The molecule has 4 rings (SSSR count). The number of hydrogen-bond acceptors (Lipinski definition) is 3. The Morgan fingerprint density at radius 3 is 2.71 bits per heavy atom. The number of aryl methyl sites for hydroxylation is 1. The lowest BCUT2D eigenvalue weighted by molar-refractivity contribution is 0.0622. The number of rotatable bonds is 2. The van der Waals surface area contributed by atoms with Gasteiger partial charge in [0, 0.05) is 44.6 Å². The lowest BCUT2D eigenvalue weighted by Gasteiger charge is -2.34. The Bertz CT molecular complexity index is 681. The van der Waals surface area contributed by atoms with Gasteiger partial charge < -0.3 is 9.30 Å². The third kappa shape index (κ3) is 2.42. The first-order valence-electron chi connectivity index (χ1n) is 7.69. The van der Waals surface area contributed by atoms with Gasteiger partial charge in [0.2, 0.25) is 0 Å². The van der Waals surface area contributed by atoms with Gasteiger partial charge in [0.1, 0.15) is 11.3 Å². The maximum Gasteiger partial charge on any atom is 0.274 e. The van der Waals surface area contributed by atoms with Crippen LogP contribution in [0.2, 0.25) is 0 Å². The first kappa shape index (κ1) is 12.8. The quantitative estimate of drug-likeness (QED) is 0.840. The van der Waals surface area contributed by atoms with Crippen molar-refractivity contribution in [3.63, 3.8) is 0 Å². The van der Waals surface area contributed by atoms with Crippen LogP contribution in [0.4, 0.5) is 0 Å². The number of aromatic nitrogens is 2. The summed E-state index contributed by atoms with van der Waals surface area (Å²) in [7, 11) is 0. The van der Waals surface area contributed by atoms with Crippen molar-refractivity contribution in [3.8, 4) is 0 Å². The lowest BCUT2D eigenvalue weighted by atomic mass is 10.3. The van der Waals surface area contributed by atoms with Crippen molar-refractivity contribution in [2.75, 3.05) is 26.2 Å². The lowest BCUT2D eigenvalue weighted by Crippen LogP contribution is -2.49. The van der Waals surface area contributed by atoms with E-state index < -0.39 is 0 Å². The molecule has 2 fully saturated rings. The predicted molar refractivity (Wildman–Crippen MR) is 80.4 cm³/mol. The molecule has 2 aromatic heterocycles. The molecule has 0 spiro atoms. The molecule has 5 nitrogen and oxygen atoms in total. The highest BCUT2D eigenvalue weighted by atomic mass is 16.2. The fraction of sp³-hybridized carbons (Fsp3) is 0.500. The first-order valence-corrected chi connectivity index (χ1v) is 7.69. The van der Waals surface area contributed by atoms with Gasteiger partial charge in [-0.2, -0.15) is 0 Å². The van der Waals surface area contributed by atoms with Crippen molar-refractivity contribution < 1.29 is 4.79 Å². The highest BCUT2D eigenvalue weighted by molar-refractivity contribution is 5.93. The van der Waals surface area contributed by atoms with E-state index in [2.05, 4.69) is 9.88 Å². The van der Waals surface area contributed by atoms with Crippen LogP contribution in [0.1, 0.15) is 28.9 Å². The minimum absolute atomic E-state index is 0.0619. The standard InChI is InChI=1S/C16H20N4O/c1-12-4-5-20-11-14(17-15(20)10-12)16(21)19-8-6-18(7-9-19)13-2-3-13/h4-5,10-11,13H,2-3,6-9H2,1H3. The van der Waals surface area contributed by atoms with Gasteiger partial charge in [-0.1, -0.05) is 0 Å². The highest BCUT2D eigenvalue weighted by Gasteiger charge is 2.32. The third-order valence-electron chi connectivity index (χ3n) is 4.50. The monoisotopic (exact) mass is 284 g/mol. The average molecular weight is 284 g/mol. The van der Waals surface area contributed by atoms with E-state index in [-0.39, 0.29) is 5.91 Å². The molecular formula is C16H20N4O. The van der Waals surface area contributed by atoms with Crippen LogP contribution in [0, 0.1) is 6.92 Å². The number of imidazole rings is 1. The number of amides is 1. The molecule has 21 heavy (non-hydrogen) atoms. The van der Waals surface area contributed by atoms with E-state index in [0.717, 1.165) is 43.4 Å². The van der Waals surface area contributed by atoms with E-state index in [0.29, 0.717) is 5.69 Å². The Kier molecular flexibility index (Phi) is 2.96. The van der Waals surface area contributed by atoms with Crippen LogP contribution in [0.15, 0.2) is 24.5 Å². The van der Waals surface area contributed by atoms with E-state index in [1.807, 2.05) is 40.8 Å². The van der Waals surface area contributed by atoms with Gasteiger partial charge in [-0.15, -0.1) is 0 Å². The number of pyridine rings is 1. The molecule has 110 valence electrons. The van der Waals surface area contributed by atoms with Crippen molar-refractivity contribution in [3.05, 3.63) is 35.8 Å². The van der Waals surface area contributed by atoms with Gasteiger partial charge in [-0.3, -0.25) is 9.69 Å². The van der Waals surface area contributed by atoms with Crippen molar-refractivity contribution in [1.82, 2.24) is 19.2 Å². The summed E-state index contributed by atoms with van der Waals surface area (Å²) in [5.74, 6) is 0.0619. The molecule has 2 aliphatic rings. The summed E-state index contributed by atoms with van der Waals surface area (Å²) < 4.78 is 1.92. The van der Waals surface area contributed by atoms with Gasteiger partial charge in [-0.05, 0) is 37.5 Å².